The minimum absolute atomic E-state index is 0.254. The summed E-state index contributed by atoms with van der Waals surface area (Å²) in [4.78, 5) is 2.44. The molecule has 0 aromatic heterocycles. The van der Waals surface area contributed by atoms with Gasteiger partial charge in [0.25, 0.3) is 0 Å². The standard InChI is InChI=1S/C19H22FNO2/c20-17-7-9-18(10-8-17)23-19-6-2-1-4-16(19)5-3-11-21-12-14-22-15-13-21/h1-2,4,6-10H,3,5,11-15H2. The van der Waals surface area contributed by atoms with Crippen LogP contribution >= 0.6 is 0 Å². The van der Waals surface area contributed by atoms with Crippen molar-refractivity contribution >= 4 is 0 Å². The molecule has 0 atom stereocenters. The van der Waals surface area contributed by atoms with Gasteiger partial charge < -0.3 is 9.47 Å². The molecule has 122 valence electrons. The average Bonchev–Trinajstić information content (AvgIpc) is 2.59. The fourth-order valence-electron chi connectivity index (χ4n) is 2.76. The molecule has 1 fully saturated rings. The fourth-order valence-corrected chi connectivity index (χ4v) is 2.76. The molecule has 0 amide bonds. The Hall–Kier alpha value is -1.91. The average molecular weight is 315 g/mol. The summed E-state index contributed by atoms with van der Waals surface area (Å²) >= 11 is 0. The van der Waals surface area contributed by atoms with Gasteiger partial charge in [0.15, 0.2) is 0 Å². The second kappa shape index (κ2) is 8.09. The first-order chi connectivity index (χ1) is 11.3. The van der Waals surface area contributed by atoms with Crippen molar-refractivity contribution in [3.63, 3.8) is 0 Å². The number of ether oxygens (including phenoxy) is 2. The predicted molar refractivity (Wildman–Crippen MR) is 88.5 cm³/mol. The summed E-state index contributed by atoms with van der Waals surface area (Å²) in [5.41, 5.74) is 1.19. The Labute approximate surface area is 136 Å². The van der Waals surface area contributed by atoms with E-state index in [0.717, 1.165) is 51.4 Å². The maximum atomic E-state index is 13.0. The largest absolute Gasteiger partial charge is 0.457 e. The topological polar surface area (TPSA) is 21.7 Å². The molecule has 0 unspecified atom stereocenters. The monoisotopic (exact) mass is 315 g/mol. The first-order valence-electron chi connectivity index (χ1n) is 8.13. The van der Waals surface area contributed by atoms with Crippen LogP contribution in [-0.2, 0) is 11.2 Å². The van der Waals surface area contributed by atoms with E-state index in [9.17, 15) is 4.39 Å². The Morgan fingerprint density at radius 3 is 2.52 bits per heavy atom. The number of hydrogen-bond donors (Lipinski definition) is 0. The molecule has 0 spiro atoms. The van der Waals surface area contributed by atoms with Crippen LogP contribution in [0, 0.1) is 5.82 Å². The van der Waals surface area contributed by atoms with Gasteiger partial charge in [-0.2, -0.15) is 0 Å². The lowest BCUT2D eigenvalue weighted by molar-refractivity contribution is 0.0374. The van der Waals surface area contributed by atoms with Gasteiger partial charge in [-0.05, 0) is 55.3 Å². The molecule has 2 aromatic carbocycles. The molecule has 0 N–H and O–H groups in total. The van der Waals surface area contributed by atoms with E-state index in [1.54, 1.807) is 12.1 Å². The quantitative estimate of drug-likeness (QED) is 0.807. The van der Waals surface area contributed by atoms with Crippen molar-refractivity contribution in [2.45, 2.75) is 12.8 Å². The number of halogens is 1. The summed E-state index contributed by atoms with van der Waals surface area (Å²) in [5.74, 6) is 1.25. The summed E-state index contributed by atoms with van der Waals surface area (Å²) in [6.07, 6.45) is 2.05. The number of aryl methyl sites for hydroxylation is 1. The predicted octanol–water partition coefficient (Wildman–Crippen LogP) is 3.88. The molecule has 0 radical (unpaired) electrons. The summed E-state index contributed by atoms with van der Waals surface area (Å²) in [6, 6.07) is 14.2. The van der Waals surface area contributed by atoms with Gasteiger partial charge in [0, 0.05) is 13.1 Å². The molecule has 4 heteroatoms. The van der Waals surface area contributed by atoms with E-state index < -0.39 is 0 Å². The first kappa shape index (κ1) is 16.0. The normalized spacial score (nSPS) is 15.5. The van der Waals surface area contributed by atoms with Crippen molar-refractivity contribution in [3.8, 4) is 11.5 Å². The number of benzene rings is 2. The second-order valence-corrected chi connectivity index (χ2v) is 5.72. The van der Waals surface area contributed by atoms with Crippen LogP contribution in [0.5, 0.6) is 11.5 Å². The third-order valence-corrected chi connectivity index (χ3v) is 4.04. The maximum absolute atomic E-state index is 13.0. The molecule has 1 saturated heterocycles. The Morgan fingerprint density at radius 2 is 1.74 bits per heavy atom. The lowest BCUT2D eigenvalue weighted by Gasteiger charge is -2.26. The summed E-state index contributed by atoms with van der Waals surface area (Å²) in [6.45, 7) is 4.80. The van der Waals surface area contributed by atoms with E-state index >= 15 is 0 Å². The second-order valence-electron chi connectivity index (χ2n) is 5.72. The van der Waals surface area contributed by atoms with Crippen LogP contribution in [-0.4, -0.2) is 37.7 Å². The van der Waals surface area contributed by atoms with Gasteiger partial charge in [0.2, 0.25) is 0 Å². The lowest BCUT2D eigenvalue weighted by atomic mass is 10.1. The number of morpholine rings is 1. The Morgan fingerprint density at radius 1 is 1.00 bits per heavy atom. The summed E-state index contributed by atoms with van der Waals surface area (Å²) in [7, 11) is 0. The molecular weight excluding hydrogens is 293 g/mol. The van der Waals surface area contributed by atoms with Crippen molar-refractivity contribution in [1.82, 2.24) is 4.90 Å². The van der Waals surface area contributed by atoms with Crippen LogP contribution in [0.3, 0.4) is 0 Å². The van der Waals surface area contributed by atoms with E-state index in [4.69, 9.17) is 9.47 Å². The van der Waals surface area contributed by atoms with Gasteiger partial charge in [0.05, 0.1) is 13.2 Å². The summed E-state index contributed by atoms with van der Waals surface area (Å²) in [5, 5.41) is 0. The van der Waals surface area contributed by atoms with E-state index in [0.29, 0.717) is 5.75 Å². The van der Waals surface area contributed by atoms with Crippen LogP contribution in [0.4, 0.5) is 4.39 Å². The zero-order valence-electron chi connectivity index (χ0n) is 13.2. The molecule has 3 nitrogen and oxygen atoms in total. The van der Waals surface area contributed by atoms with Gasteiger partial charge in [-0.25, -0.2) is 4.39 Å². The number of hydrogen-bond acceptors (Lipinski definition) is 3. The molecule has 0 bridgehead atoms. The minimum atomic E-state index is -0.254. The van der Waals surface area contributed by atoms with E-state index in [-0.39, 0.29) is 5.82 Å². The molecule has 1 heterocycles. The minimum Gasteiger partial charge on any atom is -0.457 e. The van der Waals surface area contributed by atoms with Crippen LogP contribution < -0.4 is 4.74 Å². The zero-order chi connectivity index (χ0) is 15.9. The molecule has 1 aliphatic rings. The van der Waals surface area contributed by atoms with Crippen molar-refractivity contribution in [2.24, 2.45) is 0 Å². The molecule has 0 saturated carbocycles. The first-order valence-corrected chi connectivity index (χ1v) is 8.13. The van der Waals surface area contributed by atoms with Crippen LogP contribution in [0.2, 0.25) is 0 Å². The smallest absolute Gasteiger partial charge is 0.130 e. The Kier molecular flexibility index (Phi) is 5.61. The van der Waals surface area contributed by atoms with Crippen molar-refractivity contribution in [2.75, 3.05) is 32.8 Å². The van der Waals surface area contributed by atoms with Gasteiger partial charge >= 0.3 is 0 Å². The SMILES string of the molecule is Fc1ccc(Oc2ccccc2CCCN2CCOCC2)cc1. The van der Waals surface area contributed by atoms with Crippen molar-refractivity contribution in [1.29, 1.82) is 0 Å². The molecule has 1 aliphatic heterocycles. The maximum Gasteiger partial charge on any atom is 0.130 e. The van der Waals surface area contributed by atoms with Gasteiger partial charge in [-0.1, -0.05) is 18.2 Å². The van der Waals surface area contributed by atoms with E-state index in [2.05, 4.69) is 11.0 Å². The zero-order valence-corrected chi connectivity index (χ0v) is 13.2. The van der Waals surface area contributed by atoms with E-state index in [1.165, 1.54) is 17.7 Å². The number of rotatable bonds is 6. The highest BCUT2D eigenvalue weighted by atomic mass is 19.1. The van der Waals surface area contributed by atoms with E-state index in [1.807, 2.05) is 18.2 Å². The fraction of sp³-hybridized carbons (Fsp3) is 0.368. The highest BCUT2D eigenvalue weighted by Gasteiger charge is 2.10. The highest BCUT2D eigenvalue weighted by Crippen LogP contribution is 2.26. The molecule has 3 rings (SSSR count). The molecule has 0 aliphatic carbocycles. The van der Waals surface area contributed by atoms with Crippen molar-refractivity contribution < 1.29 is 13.9 Å². The van der Waals surface area contributed by atoms with Crippen LogP contribution in [0.25, 0.3) is 0 Å². The van der Waals surface area contributed by atoms with Gasteiger partial charge in [-0.15, -0.1) is 0 Å². The molecular formula is C19H22FNO2. The van der Waals surface area contributed by atoms with Gasteiger partial charge in [0.1, 0.15) is 17.3 Å². The highest BCUT2D eigenvalue weighted by molar-refractivity contribution is 5.37. The molecule has 2 aromatic rings. The summed E-state index contributed by atoms with van der Waals surface area (Å²) < 4.78 is 24.3. The van der Waals surface area contributed by atoms with Crippen LogP contribution in [0.1, 0.15) is 12.0 Å². The number of para-hydroxylation sites is 1. The Balaban J connectivity index is 1.57. The van der Waals surface area contributed by atoms with Crippen molar-refractivity contribution in [3.05, 3.63) is 59.9 Å². The number of nitrogens with zero attached hydrogens (tertiary/aromatic N) is 1. The van der Waals surface area contributed by atoms with Gasteiger partial charge in [-0.3, -0.25) is 4.90 Å². The Bertz CT molecular complexity index is 609. The third kappa shape index (κ3) is 4.78. The molecule has 23 heavy (non-hydrogen) atoms. The van der Waals surface area contributed by atoms with Crippen LogP contribution in [0.15, 0.2) is 48.5 Å². The lowest BCUT2D eigenvalue weighted by Crippen LogP contribution is -2.36. The third-order valence-electron chi connectivity index (χ3n) is 4.04.